The van der Waals surface area contributed by atoms with Gasteiger partial charge in [0.2, 0.25) is 5.89 Å². The molecule has 1 aliphatic heterocycles. The van der Waals surface area contributed by atoms with Crippen molar-refractivity contribution in [3.05, 3.63) is 95.9 Å². The number of aromatic nitrogens is 1. The molecule has 1 amide bonds. The lowest BCUT2D eigenvalue weighted by Crippen LogP contribution is -2.43. The van der Waals surface area contributed by atoms with E-state index in [0.29, 0.717) is 49.0 Å². The smallest absolute Gasteiger partial charge is 0.416 e. The van der Waals surface area contributed by atoms with Gasteiger partial charge in [0.05, 0.1) is 25.5 Å². The van der Waals surface area contributed by atoms with Gasteiger partial charge in [0.1, 0.15) is 29.1 Å². The number of oxazole rings is 1. The molecule has 4 aromatic rings. The summed E-state index contributed by atoms with van der Waals surface area (Å²) in [6, 6.07) is 22.2. The molecule has 0 aliphatic carbocycles. The molecular weight excluding hydrogens is 512 g/mol. The molecule has 40 heavy (non-hydrogen) atoms. The van der Waals surface area contributed by atoms with Crippen LogP contribution in [0.1, 0.15) is 35.9 Å². The summed E-state index contributed by atoms with van der Waals surface area (Å²) in [5.74, 6) is 1.87. The molecule has 0 radical (unpaired) electrons. The maximum Gasteiger partial charge on any atom is 0.416 e. The van der Waals surface area contributed by atoms with Crippen LogP contribution in [-0.2, 0) is 11.2 Å². The van der Waals surface area contributed by atoms with Gasteiger partial charge >= 0.3 is 12.1 Å². The number of carboxylic acid groups (broad SMARTS) is 1. The largest absolute Gasteiger partial charge is 0.497 e. The van der Waals surface area contributed by atoms with Crippen LogP contribution in [-0.4, -0.2) is 46.8 Å². The van der Waals surface area contributed by atoms with Crippen molar-refractivity contribution in [1.82, 2.24) is 9.88 Å². The molecule has 2 heterocycles. The molecule has 2 atom stereocenters. The Morgan fingerprint density at radius 3 is 2.30 bits per heavy atom. The highest BCUT2D eigenvalue weighted by molar-refractivity contribution is 5.82. The number of carbonyl (C=O) groups is 2. The summed E-state index contributed by atoms with van der Waals surface area (Å²) in [7, 11) is 1.54. The summed E-state index contributed by atoms with van der Waals surface area (Å²) < 4.78 is 22.4. The summed E-state index contributed by atoms with van der Waals surface area (Å²) in [4.78, 5) is 30.9. The number of hydrogen-bond acceptors (Lipinski definition) is 7. The van der Waals surface area contributed by atoms with Gasteiger partial charge in [0.15, 0.2) is 0 Å². The molecule has 0 saturated carbocycles. The van der Waals surface area contributed by atoms with Gasteiger partial charge in [-0.25, -0.2) is 14.6 Å². The molecule has 3 aromatic carbocycles. The molecule has 206 valence electrons. The van der Waals surface area contributed by atoms with Crippen molar-refractivity contribution in [1.29, 1.82) is 0 Å². The Hall–Kier alpha value is -4.79. The van der Waals surface area contributed by atoms with E-state index in [2.05, 4.69) is 4.98 Å². The van der Waals surface area contributed by atoms with Crippen LogP contribution < -0.4 is 14.2 Å². The second-order valence-electron chi connectivity index (χ2n) is 9.45. The van der Waals surface area contributed by atoms with Crippen LogP contribution in [0.4, 0.5) is 4.79 Å². The van der Waals surface area contributed by atoms with Crippen LogP contribution in [0.2, 0.25) is 0 Å². The summed E-state index contributed by atoms with van der Waals surface area (Å²) >= 11 is 0. The summed E-state index contributed by atoms with van der Waals surface area (Å²) in [5, 5.41) is 9.75. The molecule has 1 unspecified atom stereocenters. The van der Waals surface area contributed by atoms with E-state index in [9.17, 15) is 14.7 Å². The van der Waals surface area contributed by atoms with Crippen molar-refractivity contribution in [2.24, 2.45) is 0 Å². The third kappa shape index (κ3) is 5.93. The fourth-order valence-electron chi connectivity index (χ4n) is 4.85. The standard InChI is InChI=1S/C31H30N2O7/c1-20-26(32-29(39-20)22-6-4-3-5-7-22)18-19-38-24-10-8-21(9-11-24)27-16-17-28(30(34)35)33(27)31(36)40-25-14-12-23(37-2)13-15-25/h3-15,27-28H,16-19H2,1-2H3,(H,34,35)/t27?,28-/m0/s1. The number of carbonyl (C=O) groups excluding carboxylic acids is 1. The molecule has 1 N–H and O–H groups in total. The molecule has 9 nitrogen and oxygen atoms in total. The van der Waals surface area contributed by atoms with E-state index >= 15 is 0 Å². The number of carboxylic acids is 1. The van der Waals surface area contributed by atoms with E-state index in [0.717, 1.165) is 22.6 Å². The number of amides is 1. The van der Waals surface area contributed by atoms with Gasteiger partial charge in [0.25, 0.3) is 0 Å². The van der Waals surface area contributed by atoms with Crippen LogP contribution in [0.3, 0.4) is 0 Å². The number of likely N-dealkylation sites (tertiary alicyclic amines) is 1. The number of benzene rings is 3. The average Bonchev–Trinajstić information content (AvgIpc) is 3.59. The number of ether oxygens (including phenoxy) is 3. The first-order valence-electron chi connectivity index (χ1n) is 13.0. The summed E-state index contributed by atoms with van der Waals surface area (Å²) in [5.41, 5.74) is 2.57. The first-order valence-corrected chi connectivity index (χ1v) is 13.0. The highest BCUT2D eigenvalue weighted by atomic mass is 16.6. The Labute approximate surface area is 231 Å². The molecule has 1 fully saturated rings. The number of rotatable bonds is 9. The molecule has 5 rings (SSSR count). The van der Waals surface area contributed by atoms with Crippen molar-refractivity contribution in [3.63, 3.8) is 0 Å². The van der Waals surface area contributed by atoms with E-state index in [-0.39, 0.29) is 0 Å². The zero-order chi connectivity index (χ0) is 28.1. The van der Waals surface area contributed by atoms with Gasteiger partial charge < -0.3 is 23.7 Å². The molecule has 1 saturated heterocycles. The quantitative estimate of drug-likeness (QED) is 0.271. The Balaban J connectivity index is 1.22. The monoisotopic (exact) mass is 542 g/mol. The maximum atomic E-state index is 13.1. The van der Waals surface area contributed by atoms with Crippen molar-refractivity contribution in [2.45, 2.75) is 38.3 Å². The SMILES string of the molecule is COc1ccc(OC(=O)N2C(c3ccc(OCCc4nc(-c5ccccc5)oc4C)cc3)CC[C@H]2C(=O)O)cc1. The number of aryl methyl sites for hydroxylation is 1. The zero-order valence-electron chi connectivity index (χ0n) is 22.3. The lowest BCUT2D eigenvalue weighted by Gasteiger charge is -2.27. The Kier molecular flexibility index (Phi) is 8.00. The fourth-order valence-corrected chi connectivity index (χ4v) is 4.85. The second-order valence-corrected chi connectivity index (χ2v) is 9.45. The van der Waals surface area contributed by atoms with Crippen molar-refractivity contribution >= 4 is 12.1 Å². The van der Waals surface area contributed by atoms with Gasteiger partial charge in [-0.1, -0.05) is 30.3 Å². The van der Waals surface area contributed by atoms with Crippen molar-refractivity contribution < 1.29 is 33.3 Å². The number of nitrogens with zero attached hydrogens (tertiary/aromatic N) is 2. The highest BCUT2D eigenvalue weighted by Gasteiger charge is 2.43. The molecule has 1 aromatic heterocycles. The molecule has 9 heteroatoms. The van der Waals surface area contributed by atoms with Crippen LogP contribution in [0.5, 0.6) is 17.2 Å². The van der Waals surface area contributed by atoms with Crippen LogP contribution in [0, 0.1) is 6.92 Å². The predicted octanol–water partition coefficient (Wildman–Crippen LogP) is 6.07. The van der Waals surface area contributed by atoms with E-state index in [1.807, 2.05) is 61.5 Å². The van der Waals surface area contributed by atoms with Gasteiger partial charge in [-0.2, -0.15) is 0 Å². The maximum absolute atomic E-state index is 13.1. The van der Waals surface area contributed by atoms with E-state index in [4.69, 9.17) is 18.6 Å². The molecular formula is C31H30N2O7. The minimum absolute atomic E-state index is 0.308. The zero-order valence-corrected chi connectivity index (χ0v) is 22.3. The highest BCUT2D eigenvalue weighted by Crippen LogP contribution is 2.38. The van der Waals surface area contributed by atoms with E-state index in [1.54, 1.807) is 31.4 Å². The lowest BCUT2D eigenvalue weighted by atomic mass is 10.0. The minimum atomic E-state index is -1.06. The number of hydrogen-bond donors (Lipinski definition) is 1. The van der Waals surface area contributed by atoms with Crippen LogP contribution in [0.15, 0.2) is 83.3 Å². The lowest BCUT2D eigenvalue weighted by molar-refractivity contribution is -0.141. The summed E-state index contributed by atoms with van der Waals surface area (Å²) in [6.45, 7) is 2.30. The first kappa shape index (κ1) is 26.8. The predicted molar refractivity (Wildman–Crippen MR) is 147 cm³/mol. The minimum Gasteiger partial charge on any atom is -0.497 e. The molecule has 0 spiro atoms. The number of methoxy groups -OCH3 is 1. The van der Waals surface area contributed by atoms with Gasteiger partial charge in [-0.3, -0.25) is 4.90 Å². The van der Waals surface area contributed by atoms with Crippen LogP contribution >= 0.6 is 0 Å². The topological polar surface area (TPSA) is 111 Å². The Bertz CT molecular complexity index is 1450. The summed E-state index contributed by atoms with van der Waals surface area (Å²) in [6.07, 6.45) is 0.707. The van der Waals surface area contributed by atoms with Crippen molar-refractivity contribution in [2.75, 3.05) is 13.7 Å². The van der Waals surface area contributed by atoms with E-state index in [1.165, 1.54) is 4.90 Å². The number of aliphatic carboxylic acids is 1. The average molecular weight is 543 g/mol. The first-order chi connectivity index (χ1) is 19.4. The second kappa shape index (κ2) is 11.9. The van der Waals surface area contributed by atoms with Gasteiger partial charge in [-0.05, 0) is 73.9 Å². The fraction of sp³-hybridized carbons (Fsp3) is 0.258. The van der Waals surface area contributed by atoms with Crippen molar-refractivity contribution in [3.8, 4) is 28.7 Å². The third-order valence-electron chi connectivity index (χ3n) is 6.93. The molecule has 0 bridgehead atoms. The Morgan fingerprint density at radius 1 is 0.950 bits per heavy atom. The normalized spacial score (nSPS) is 16.5. The van der Waals surface area contributed by atoms with Gasteiger partial charge in [0, 0.05) is 12.0 Å². The Morgan fingerprint density at radius 2 is 1.62 bits per heavy atom. The van der Waals surface area contributed by atoms with Gasteiger partial charge in [-0.15, -0.1) is 0 Å². The third-order valence-corrected chi connectivity index (χ3v) is 6.93. The molecule has 1 aliphatic rings. The van der Waals surface area contributed by atoms with Crippen LogP contribution in [0.25, 0.3) is 11.5 Å². The van der Waals surface area contributed by atoms with E-state index < -0.39 is 24.1 Å².